The van der Waals surface area contributed by atoms with Gasteiger partial charge in [-0.05, 0) is 69.6 Å². The molecule has 0 bridgehead atoms. The van der Waals surface area contributed by atoms with Crippen molar-refractivity contribution >= 4 is 12.1 Å². The third kappa shape index (κ3) is 4.25. The van der Waals surface area contributed by atoms with Crippen LogP contribution in [0.3, 0.4) is 0 Å². The zero-order valence-electron chi connectivity index (χ0n) is 16.5. The third-order valence-electron chi connectivity index (χ3n) is 5.54. The SMILES string of the molecule is COC(=O)c1ccc(C2CC3(CCN2C(=O)OC(C)(C)C)CC(F)C3)cc1. The van der Waals surface area contributed by atoms with Gasteiger partial charge in [0.1, 0.15) is 11.8 Å². The predicted molar refractivity (Wildman–Crippen MR) is 99.3 cm³/mol. The lowest BCUT2D eigenvalue weighted by molar-refractivity contribution is -0.0594. The van der Waals surface area contributed by atoms with Crippen molar-refractivity contribution in [2.45, 2.75) is 64.3 Å². The first-order valence-corrected chi connectivity index (χ1v) is 9.44. The van der Waals surface area contributed by atoms with E-state index in [0.29, 0.717) is 31.4 Å². The standard InChI is InChI=1S/C21H28FNO4/c1-20(2,3)27-19(25)23-10-9-21(11-16(22)12-21)13-17(23)14-5-7-15(8-6-14)18(24)26-4/h5-8,16-17H,9-13H2,1-4H3. The second kappa shape index (κ2) is 7.13. The van der Waals surface area contributed by atoms with Gasteiger partial charge in [-0.25, -0.2) is 14.0 Å². The number of hydrogen-bond acceptors (Lipinski definition) is 4. The van der Waals surface area contributed by atoms with Crippen molar-refractivity contribution in [2.75, 3.05) is 13.7 Å². The van der Waals surface area contributed by atoms with Crippen LogP contribution in [0.2, 0.25) is 0 Å². The molecule has 3 rings (SSSR count). The topological polar surface area (TPSA) is 55.8 Å². The number of rotatable bonds is 2. The Kier molecular flexibility index (Phi) is 5.19. The highest BCUT2D eigenvalue weighted by molar-refractivity contribution is 5.89. The molecular weight excluding hydrogens is 349 g/mol. The highest BCUT2D eigenvalue weighted by atomic mass is 19.1. The lowest BCUT2D eigenvalue weighted by Gasteiger charge is -2.52. The molecule has 1 aliphatic carbocycles. The van der Waals surface area contributed by atoms with E-state index in [-0.39, 0.29) is 17.6 Å². The first-order valence-electron chi connectivity index (χ1n) is 9.44. The summed E-state index contributed by atoms with van der Waals surface area (Å²) in [6, 6.07) is 6.91. The molecule has 2 fully saturated rings. The average Bonchev–Trinajstić information content (AvgIpc) is 2.58. The molecule has 1 unspecified atom stereocenters. The Bertz CT molecular complexity index is 704. The molecule has 0 radical (unpaired) electrons. The molecule has 0 N–H and O–H groups in total. The summed E-state index contributed by atoms with van der Waals surface area (Å²) in [5.41, 5.74) is 0.772. The van der Waals surface area contributed by atoms with Crippen LogP contribution in [0.25, 0.3) is 0 Å². The molecule has 1 saturated heterocycles. The van der Waals surface area contributed by atoms with Crippen LogP contribution in [0.15, 0.2) is 24.3 Å². The molecule has 1 atom stereocenters. The van der Waals surface area contributed by atoms with Gasteiger partial charge in [-0.15, -0.1) is 0 Å². The Morgan fingerprint density at radius 3 is 2.30 bits per heavy atom. The van der Waals surface area contributed by atoms with E-state index in [1.165, 1.54) is 7.11 Å². The largest absolute Gasteiger partial charge is 0.465 e. The number of nitrogens with zero attached hydrogens (tertiary/aromatic N) is 1. The Hall–Kier alpha value is -2.11. The zero-order chi connectivity index (χ0) is 19.8. The zero-order valence-corrected chi connectivity index (χ0v) is 16.5. The normalized spacial score (nSPS) is 27.8. The van der Waals surface area contributed by atoms with Crippen LogP contribution in [0.5, 0.6) is 0 Å². The molecule has 6 heteroatoms. The molecule has 1 saturated carbocycles. The fourth-order valence-electron chi connectivity index (χ4n) is 4.18. The molecule has 1 spiro atoms. The molecule has 1 heterocycles. The van der Waals surface area contributed by atoms with E-state index in [0.717, 1.165) is 12.0 Å². The second-order valence-corrected chi connectivity index (χ2v) is 8.76. The fraction of sp³-hybridized carbons (Fsp3) is 0.619. The lowest BCUT2D eigenvalue weighted by atomic mass is 9.60. The van der Waals surface area contributed by atoms with E-state index < -0.39 is 17.7 Å². The van der Waals surface area contributed by atoms with Crippen molar-refractivity contribution in [1.82, 2.24) is 4.90 Å². The number of halogens is 1. The summed E-state index contributed by atoms with van der Waals surface area (Å²) in [5.74, 6) is -0.398. The van der Waals surface area contributed by atoms with Gasteiger partial charge in [-0.1, -0.05) is 12.1 Å². The molecule has 0 aromatic heterocycles. The molecule has 27 heavy (non-hydrogen) atoms. The molecule has 1 amide bonds. The van der Waals surface area contributed by atoms with Gasteiger partial charge in [-0.2, -0.15) is 0 Å². The van der Waals surface area contributed by atoms with Gasteiger partial charge >= 0.3 is 12.1 Å². The Labute approximate surface area is 159 Å². The van der Waals surface area contributed by atoms with E-state index in [1.807, 2.05) is 32.9 Å². The van der Waals surface area contributed by atoms with Gasteiger partial charge in [0.2, 0.25) is 0 Å². The number of alkyl halides is 1. The molecule has 1 aromatic rings. The first-order chi connectivity index (χ1) is 12.6. The summed E-state index contributed by atoms with van der Waals surface area (Å²) < 4.78 is 23.9. The quantitative estimate of drug-likeness (QED) is 0.703. The Morgan fingerprint density at radius 1 is 1.15 bits per heavy atom. The highest BCUT2D eigenvalue weighted by Gasteiger charge is 2.50. The summed E-state index contributed by atoms with van der Waals surface area (Å²) in [7, 11) is 1.34. The van der Waals surface area contributed by atoms with Gasteiger partial charge in [-0.3, -0.25) is 0 Å². The van der Waals surface area contributed by atoms with Crippen LogP contribution in [-0.4, -0.2) is 42.4 Å². The number of hydrogen-bond donors (Lipinski definition) is 0. The lowest BCUT2D eigenvalue weighted by Crippen LogP contribution is -2.51. The number of carbonyl (C=O) groups excluding carboxylic acids is 2. The van der Waals surface area contributed by atoms with Gasteiger partial charge in [0.05, 0.1) is 18.7 Å². The maximum atomic E-state index is 13.6. The minimum atomic E-state index is -0.736. The van der Waals surface area contributed by atoms with E-state index in [9.17, 15) is 14.0 Å². The molecule has 1 aromatic carbocycles. The van der Waals surface area contributed by atoms with Crippen LogP contribution in [0, 0.1) is 5.41 Å². The van der Waals surface area contributed by atoms with Crippen molar-refractivity contribution in [2.24, 2.45) is 5.41 Å². The summed E-state index contributed by atoms with van der Waals surface area (Å²) in [6.07, 6.45) is 1.54. The van der Waals surface area contributed by atoms with E-state index in [1.54, 1.807) is 17.0 Å². The summed E-state index contributed by atoms with van der Waals surface area (Å²) in [4.78, 5) is 26.2. The third-order valence-corrected chi connectivity index (χ3v) is 5.54. The first kappa shape index (κ1) is 19.6. The number of piperidine rings is 1. The van der Waals surface area contributed by atoms with Gasteiger partial charge < -0.3 is 14.4 Å². The van der Waals surface area contributed by atoms with E-state index >= 15 is 0 Å². The molecule has 2 aliphatic rings. The maximum absolute atomic E-state index is 13.6. The van der Waals surface area contributed by atoms with Crippen LogP contribution >= 0.6 is 0 Å². The maximum Gasteiger partial charge on any atom is 0.410 e. The summed E-state index contributed by atoms with van der Waals surface area (Å²) >= 11 is 0. The smallest absolute Gasteiger partial charge is 0.410 e. The minimum absolute atomic E-state index is 0.0381. The van der Waals surface area contributed by atoms with Crippen LogP contribution < -0.4 is 0 Å². The number of carbonyl (C=O) groups is 2. The van der Waals surface area contributed by atoms with E-state index in [2.05, 4.69) is 0 Å². The van der Waals surface area contributed by atoms with Gasteiger partial charge in [0.15, 0.2) is 0 Å². The number of esters is 1. The predicted octanol–water partition coefficient (Wildman–Crippen LogP) is 4.66. The molecule has 148 valence electrons. The number of ether oxygens (including phenoxy) is 2. The second-order valence-electron chi connectivity index (χ2n) is 8.76. The highest BCUT2D eigenvalue weighted by Crippen LogP contribution is 2.55. The minimum Gasteiger partial charge on any atom is -0.465 e. The van der Waals surface area contributed by atoms with Crippen molar-refractivity contribution in [3.8, 4) is 0 Å². The van der Waals surface area contributed by atoms with E-state index in [4.69, 9.17) is 9.47 Å². The van der Waals surface area contributed by atoms with Crippen LogP contribution in [-0.2, 0) is 9.47 Å². The van der Waals surface area contributed by atoms with Crippen molar-refractivity contribution in [3.05, 3.63) is 35.4 Å². The summed E-state index contributed by atoms with van der Waals surface area (Å²) in [6.45, 7) is 6.08. The average molecular weight is 377 g/mol. The van der Waals surface area contributed by atoms with Crippen molar-refractivity contribution < 1.29 is 23.5 Å². The number of amides is 1. The van der Waals surface area contributed by atoms with Gasteiger partial charge in [0.25, 0.3) is 0 Å². The van der Waals surface area contributed by atoms with Crippen LogP contribution in [0.1, 0.15) is 68.4 Å². The number of benzene rings is 1. The van der Waals surface area contributed by atoms with Crippen LogP contribution in [0.4, 0.5) is 9.18 Å². The molecular formula is C21H28FNO4. The van der Waals surface area contributed by atoms with Gasteiger partial charge in [0, 0.05) is 6.54 Å². The van der Waals surface area contributed by atoms with Crippen molar-refractivity contribution in [1.29, 1.82) is 0 Å². The fourth-order valence-corrected chi connectivity index (χ4v) is 4.18. The molecule has 5 nitrogen and oxygen atoms in total. The molecule has 1 aliphatic heterocycles. The van der Waals surface area contributed by atoms with Crippen molar-refractivity contribution in [3.63, 3.8) is 0 Å². The number of methoxy groups -OCH3 is 1. The number of likely N-dealkylation sites (tertiary alicyclic amines) is 1. The Balaban J connectivity index is 1.85. The summed E-state index contributed by atoms with van der Waals surface area (Å²) in [5, 5.41) is 0. The Morgan fingerprint density at radius 2 is 1.78 bits per heavy atom. The monoisotopic (exact) mass is 377 g/mol.